The molecule has 0 N–H and O–H groups in total. The zero-order valence-electron chi connectivity index (χ0n) is 6.04. The third-order valence-electron chi connectivity index (χ3n) is 1.08. The van der Waals surface area contributed by atoms with Gasteiger partial charge in [0.15, 0.2) is 0 Å². The molecule has 11 heavy (non-hydrogen) atoms. The van der Waals surface area contributed by atoms with Gasteiger partial charge in [-0.15, -0.1) is 0 Å². The summed E-state index contributed by atoms with van der Waals surface area (Å²) in [6.45, 7) is 0. The minimum absolute atomic E-state index is 0.304. The van der Waals surface area contributed by atoms with E-state index < -0.39 is 0 Å². The maximum Gasteiger partial charge on any atom is 0.123 e. The predicted octanol–water partition coefficient (Wildman–Crippen LogP) is 1.61. The second-order valence-electron chi connectivity index (χ2n) is 1.88. The van der Waals surface area contributed by atoms with Crippen molar-refractivity contribution in [2.75, 3.05) is 7.11 Å². The second kappa shape index (κ2) is 3.71. The zero-order chi connectivity index (χ0) is 8.10. The fraction of sp³-hybridized carbons (Fsp3) is 0.125. The smallest absolute Gasteiger partial charge is 0.123 e. The zero-order valence-corrected chi connectivity index (χ0v) is 6.04. The van der Waals surface area contributed by atoms with Crippen molar-refractivity contribution >= 4 is 6.21 Å². The molecule has 0 spiro atoms. The normalized spacial score (nSPS) is 10.4. The lowest BCUT2D eigenvalue weighted by molar-refractivity contribution is 0.215. The first-order valence-corrected chi connectivity index (χ1v) is 3.06. The Kier molecular flexibility index (Phi) is 2.60. The summed E-state index contributed by atoms with van der Waals surface area (Å²) in [7, 11) is 1.43. The van der Waals surface area contributed by atoms with Crippen LogP contribution in [0.4, 0.5) is 4.39 Å². The highest BCUT2D eigenvalue weighted by Crippen LogP contribution is 1.99. The van der Waals surface area contributed by atoms with Gasteiger partial charge in [0.2, 0.25) is 0 Å². The number of oxime groups is 1. The largest absolute Gasteiger partial charge is 0.399 e. The number of benzene rings is 1. The molecule has 0 amide bonds. The standard InChI is InChI=1S/C8H7FNO/c1-11-10-6-7-3-2-4-8(9)5-7/h2,4-6H,1H3/b10-6+. The number of rotatable bonds is 2. The highest BCUT2D eigenvalue weighted by molar-refractivity contribution is 5.78. The Labute approximate surface area is 64.3 Å². The maximum atomic E-state index is 12.5. The predicted molar refractivity (Wildman–Crippen MR) is 39.8 cm³/mol. The van der Waals surface area contributed by atoms with Gasteiger partial charge in [-0.05, 0) is 18.2 Å². The molecule has 0 heterocycles. The van der Waals surface area contributed by atoms with Gasteiger partial charge < -0.3 is 4.84 Å². The lowest BCUT2D eigenvalue weighted by atomic mass is 10.2. The van der Waals surface area contributed by atoms with Crippen molar-refractivity contribution in [1.82, 2.24) is 0 Å². The fourth-order valence-corrected chi connectivity index (χ4v) is 0.640. The van der Waals surface area contributed by atoms with Crippen LogP contribution in [0.3, 0.4) is 0 Å². The van der Waals surface area contributed by atoms with Crippen molar-refractivity contribution in [3.63, 3.8) is 0 Å². The van der Waals surface area contributed by atoms with Crippen LogP contribution in [0.1, 0.15) is 5.56 Å². The SMILES string of the molecule is CO/N=C/c1[c]ccc(F)c1. The third-order valence-corrected chi connectivity index (χ3v) is 1.08. The van der Waals surface area contributed by atoms with E-state index in [4.69, 9.17) is 0 Å². The lowest BCUT2D eigenvalue weighted by Gasteiger charge is -1.90. The minimum Gasteiger partial charge on any atom is -0.399 e. The van der Waals surface area contributed by atoms with Crippen LogP contribution >= 0.6 is 0 Å². The van der Waals surface area contributed by atoms with Crippen molar-refractivity contribution in [3.05, 3.63) is 35.6 Å². The molecule has 0 aliphatic rings. The van der Waals surface area contributed by atoms with Crippen LogP contribution in [0.2, 0.25) is 0 Å². The van der Waals surface area contributed by atoms with Crippen molar-refractivity contribution in [3.8, 4) is 0 Å². The number of hydrogen-bond donors (Lipinski definition) is 0. The summed E-state index contributed by atoms with van der Waals surface area (Å²) in [5, 5.41) is 3.46. The highest BCUT2D eigenvalue weighted by Gasteiger charge is 1.90. The average molecular weight is 152 g/mol. The molecule has 1 aromatic carbocycles. The van der Waals surface area contributed by atoms with Crippen molar-refractivity contribution in [2.45, 2.75) is 0 Å². The van der Waals surface area contributed by atoms with E-state index in [0.717, 1.165) is 0 Å². The molecule has 1 radical (unpaired) electrons. The van der Waals surface area contributed by atoms with Gasteiger partial charge in [0, 0.05) is 5.56 Å². The Balaban J connectivity index is 2.79. The number of nitrogens with zero attached hydrogens (tertiary/aromatic N) is 1. The maximum absolute atomic E-state index is 12.5. The van der Waals surface area contributed by atoms with Gasteiger partial charge in [-0.1, -0.05) is 11.2 Å². The Hall–Kier alpha value is -1.38. The molecule has 57 valence electrons. The molecule has 0 unspecified atom stereocenters. The summed E-state index contributed by atoms with van der Waals surface area (Å²) >= 11 is 0. The Morgan fingerprint density at radius 1 is 1.73 bits per heavy atom. The van der Waals surface area contributed by atoms with Crippen LogP contribution in [-0.4, -0.2) is 13.3 Å². The monoisotopic (exact) mass is 152 g/mol. The molecule has 0 saturated heterocycles. The lowest BCUT2D eigenvalue weighted by Crippen LogP contribution is -1.83. The average Bonchev–Trinajstić information content (AvgIpc) is 2.01. The molecule has 0 saturated carbocycles. The molecule has 0 fully saturated rings. The molecular weight excluding hydrogens is 145 g/mol. The van der Waals surface area contributed by atoms with Gasteiger partial charge in [0.05, 0.1) is 6.21 Å². The summed E-state index contributed by atoms with van der Waals surface area (Å²) < 4.78 is 12.5. The molecule has 3 heteroatoms. The van der Waals surface area contributed by atoms with Gasteiger partial charge in [0.25, 0.3) is 0 Å². The van der Waals surface area contributed by atoms with E-state index in [-0.39, 0.29) is 5.82 Å². The van der Waals surface area contributed by atoms with Crippen LogP contribution in [0.5, 0.6) is 0 Å². The summed E-state index contributed by atoms with van der Waals surface area (Å²) in [5.41, 5.74) is 0.562. The van der Waals surface area contributed by atoms with Gasteiger partial charge in [-0.3, -0.25) is 0 Å². The van der Waals surface area contributed by atoms with E-state index in [1.54, 1.807) is 0 Å². The quantitative estimate of drug-likeness (QED) is 0.466. The van der Waals surface area contributed by atoms with E-state index in [1.165, 1.54) is 31.5 Å². The number of hydrogen-bond acceptors (Lipinski definition) is 2. The first kappa shape index (κ1) is 7.72. The van der Waals surface area contributed by atoms with E-state index in [0.29, 0.717) is 5.56 Å². The van der Waals surface area contributed by atoms with Gasteiger partial charge >= 0.3 is 0 Å². The molecule has 0 aliphatic heterocycles. The topological polar surface area (TPSA) is 21.6 Å². The van der Waals surface area contributed by atoms with E-state index in [2.05, 4.69) is 16.1 Å². The molecule has 1 aromatic rings. The fourth-order valence-electron chi connectivity index (χ4n) is 0.640. The van der Waals surface area contributed by atoms with Gasteiger partial charge in [0.1, 0.15) is 12.9 Å². The van der Waals surface area contributed by atoms with Gasteiger partial charge in [-0.2, -0.15) is 0 Å². The molecule has 2 nitrogen and oxygen atoms in total. The molecule has 0 atom stereocenters. The Morgan fingerprint density at radius 2 is 2.55 bits per heavy atom. The summed E-state index contributed by atoms with van der Waals surface area (Å²) in [6.07, 6.45) is 1.39. The molecule has 0 aliphatic carbocycles. The van der Waals surface area contributed by atoms with Gasteiger partial charge in [-0.25, -0.2) is 4.39 Å². The molecule has 0 aromatic heterocycles. The summed E-state index contributed by atoms with van der Waals surface area (Å²) in [6, 6.07) is 6.91. The summed E-state index contributed by atoms with van der Waals surface area (Å²) in [4.78, 5) is 4.41. The van der Waals surface area contributed by atoms with E-state index >= 15 is 0 Å². The first-order chi connectivity index (χ1) is 5.33. The van der Waals surface area contributed by atoms with Crippen LogP contribution < -0.4 is 0 Å². The Bertz CT molecular complexity index is 260. The van der Waals surface area contributed by atoms with Crippen LogP contribution in [0, 0.1) is 11.9 Å². The highest BCUT2D eigenvalue weighted by atomic mass is 19.1. The van der Waals surface area contributed by atoms with Crippen LogP contribution in [0.25, 0.3) is 0 Å². The number of halogens is 1. The molecule has 1 rings (SSSR count). The minimum atomic E-state index is -0.304. The molecular formula is C8H7FNO. The second-order valence-corrected chi connectivity index (χ2v) is 1.88. The Morgan fingerprint density at radius 3 is 3.18 bits per heavy atom. The molecule has 0 bridgehead atoms. The first-order valence-electron chi connectivity index (χ1n) is 3.06. The van der Waals surface area contributed by atoms with E-state index in [9.17, 15) is 4.39 Å². The van der Waals surface area contributed by atoms with Crippen molar-refractivity contribution < 1.29 is 9.23 Å². The van der Waals surface area contributed by atoms with Crippen molar-refractivity contribution in [2.24, 2.45) is 5.16 Å². The third kappa shape index (κ3) is 2.37. The van der Waals surface area contributed by atoms with E-state index in [1.807, 2.05) is 0 Å². The summed E-state index contributed by atoms with van der Waals surface area (Å²) in [5.74, 6) is -0.304. The van der Waals surface area contributed by atoms with Crippen LogP contribution in [0.15, 0.2) is 23.4 Å². The van der Waals surface area contributed by atoms with Crippen molar-refractivity contribution in [1.29, 1.82) is 0 Å². The van der Waals surface area contributed by atoms with Crippen LogP contribution in [-0.2, 0) is 4.84 Å².